The predicted octanol–water partition coefficient (Wildman–Crippen LogP) is 1.86. The number of hydrogen-bond acceptors (Lipinski definition) is 3. The molecule has 1 aliphatic heterocycles. The van der Waals surface area contributed by atoms with Crippen molar-refractivity contribution in [3.8, 4) is 11.5 Å². The van der Waals surface area contributed by atoms with E-state index in [1.807, 2.05) is 19.1 Å². The van der Waals surface area contributed by atoms with Crippen LogP contribution in [0.1, 0.15) is 18.9 Å². The lowest BCUT2D eigenvalue weighted by molar-refractivity contribution is -0.145. The molecule has 0 saturated heterocycles. The minimum atomic E-state index is -0.910. The number of rotatable bonds is 3. The Labute approximate surface area is 93.8 Å². The second-order valence-electron chi connectivity index (χ2n) is 3.69. The average molecular weight is 222 g/mol. The Balaban J connectivity index is 2.21. The van der Waals surface area contributed by atoms with Crippen molar-refractivity contribution in [2.24, 2.45) is 0 Å². The molecular formula is C12H14O4. The lowest BCUT2D eigenvalue weighted by Crippen LogP contribution is -2.30. The van der Waals surface area contributed by atoms with Crippen LogP contribution in [0.3, 0.4) is 0 Å². The van der Waals surface area contributed by atoms with Crippen LogP contribution in [0, 0.1) is 0 Å². The SMILES string of the molecule is CCOc1ccc2c(c1)OC(C(=O)O)CC2. The van der Waals surface area contributed by atoms with Gasteiger partial charge in [0.25, 0.3) is 0 Å². The van der Waals surface area contributed by atoms with Crippen molar-refractivity contribution in [3.63, 3.8) is 0 Å². The van der Waals surface area contributed by atoms with E-state index in [0.29, 0.717) is 24.5 Å². The first-order valence-electron chi connectivity index (χ1n) is 5.36. The average Bonchev–Trinajstić information content (AvgIpc) is 2.28. The van der Waals surface area contributed by atoms with E-state index < -0.39 is 12.1 Å². The highest BCUT2D eigenvalue weighted by Gasteiger charge is 2.25. The highest BCUT2D eigenvalue weighted by atomic mass is 16.5. The third-order valence-electron chi connectivity index (χ3n) is 2.57. The maximum absolute atomic E-state index is 10.8. The van der Waals surface area contributed by atoms with Crippen molar-refractivity contribution < 1.29 is 19.4 Å². The molecule has 0 saturated carbocycles. The molecule has 0 bridgehead atoms. The molecule has 0 radical (unpaired) electrons. The van der Waals surface area contributed by atoms with Crippen LogP contribution in [0.2, 0.25) is 0 Å². The summed E-state index contributed by atoms with van der Waals surface area (Å²) >= 11 is 0. The maximum atomic E-state index is 10.8. The van der Waals surface area contributed by atoms with Gasteiger partial charge in [-0.1, -0.05) is 6.07 Å². The van der Waals surface area contributed by atoms with E-state index in [9.17, 15) is 4.79 Å². The topological polar surface area (TPSA) is 55.8 Å². The molecule has 0 aromatic heterocycles. The molecule has 0 spiro atoms. The Morgan fingerprint density at radius 2 is 2.44 bits per heavy atom. The molecule has 1 atom stereocenters. The van der Waals surface area contributed by atoms with Gasteiger partial charge < -0.3 is 14.6 Å². The van der Waals surface area contributed by atoms with E-state index in [1.165, 1.54) is 0 Å². The molecule has 1 heterocycles. The third-order valence-corrected chi connectivity index (χ3v) is 2.57. The van der Waals surface area contributed by atoms with Crippen molar-refractivity contribution in [1.82, 2.24) is 0 Å². The van der Waals surface area contributed by atoms with Gasteiger partial charge >= 0.3 is 5.97 Å². The van der Waals surface area contributed by atoms with Gasteiger partial charge in [-0.2, -0.15) is 0 Å². The van der Waals surface area contributed by atoms with Crippen molar-refractivity contribution in [2.75, 3.05) is 6.61 Å². The van der Waals surface area contributed by atoms with Gasteiger partial charge in [0.2, 0.25) is 0 Å². The van der Waals surface area contributed by atoms with Gasteiger partial charge in [-0.05, 0) is 31.4 Å². The molecule has 1 unspecified atom stereocenters. The van der Waals surface area contributed by atoms with E-state index in [0.717, 1.165) is 12.0 Å². The maximum Gasteiger partial charge on any atom is 0.344 e. The molecule has 0 aliphatic carbocycles. The van der Waals surface area contributed by atoms with Crippen molar-refractivity contribution in [2.45, 2.75) is 25.9 Å². The summed E-state index contributed by atoms with van der Waals surface area (Å²) in [6.45, 7) is 2.49. The van der Waals surface area contributed by atoms with E-state index in [1.54, 1.807) is 6.07 Å². The van der Waals surface area contributed by atoms with Gasteiger partial charge in [0, 0.05) is 6.07 Å². The Kier molecular flexibility index (Phi) is 2.99. The molecule has 1 aromatic rings. The minimum absolute atomic E-state index is 0.524. The van der Waals surface area contributed by atoms with Gasteiger partial charge in [-0.3, -0.25) is 0 Å². The number of fused-ring (bicyclic) bond motifs is 1. The van der Waals surface area contributed by atoms with Crippen LogP contribution >= 0.6 is 0 Å². The fourth-order valence-corrected chi connectivity index (χ4v) is 1.78. The number of carbonyl (C=O) groups is 1. The Morgan fingerprint density at radius 3 is 3.12 bits per heavy atom. The van der Waals surface area contributed by atoms with Crippen LogP contribution < -0.4 is 9.47 Å². The molecule has 0 fully saturated rings. The quantitative estimate of drug-likeness (QED) is 0.848. The number of aliphatic carboxylic acids is 1. The van der Waals surface area contributed by atoms with E-state index in [4.69, 9.17) is 14.6 Å². The molecule has 1 aliphatic rings. The number of carboxylic acid groups (broad SMARTS) is 1. The summed E-state index contributed by atoms with van der Waals surface area (Å²) in [6.07, 6.45) is 0.527. The summed E-state index contributed by atoms with van der Waals surface area (Å²) in [7, 11) is 0. The summed E-state index contributed by atoms with van der Waals surface area (Å²) < 4.78 is 10.7. The predicted molar refractivity (Wildman–Crippen MR) is 58.0 cm³/mol. The number of hydrogen-bond donors (Lipinski definition) is 1. The monoisotopic (exact) mass is 222 g/mol. The van der Waals surface area contributed by atoms with Gasteiger partial charge in [-0.15, -0.1) is 0 Å². The number of benzene rings is 1. The molecule has 4 nitrogen and oxygen atoms in total. The normalized spacial score (nSPS) is 18.4. The van der Waals surface area contributed by atoms with Crippen LogP contribution in [0.25, 0.3) is 0 Å². The van der Waals surface area contributed by atoms with E-state index in [2.05, 4.69) is 0 Å². The zero-order valence-electron chi connectivity index (χ0n) is 9.10. The summed E-state index contributed by atoms with van der Waals surface area (Å²) in [5, 5.41) is 8.88. The molecule has 16 heavy (non-hydrogen) atoms. The van der Waals surface area contributed by atoms with Crippen LogP contribution in [-0.2, 0) is 11.2 Å². The molecule has 1 aromatic carbocycles. The lowest BCUT2D eigenvalue weighted by Gasteiger charge is -2.23. The van der Waals surface area contributed by atoms with E-state index >= 15 is 0 Å². The summed E-state index contributed by atoms with van der Waals surface area (Å²) in [5.41, 5.74) is 1.04. The Morgan fingerprint density at radius 1 is 1.62 bits per heavy atom. The first-order valence-corrected chi connectivity index (χ1v) is 5.36. The fourth-order valence-electron chi connectivity index (χ4n) is 1.78. The molecule has 4 heteroatoms. The zero-order chi connectivity index (χ0) is 11.5. The molecule has 2 rings (SSSR count). The van der Waals surface area contributed by atoms with Crippen LogP contribution in [-0.4, -0.2) is 23.8 Å². The molecule has 0 amide bonds. The van der Waals surface area contributed by atoms with Gasteiger partial charge in [0.15, 0.2) is 6.10 Å². The lowest BCUT2D eigenvalue weighted by atomic mass is 10.0. The third kappa shape index (κ3) is 2.10. The first-order chi connectivity index (χ1) is 7.70. The Bertz CT molecular complexity index is 400. The standard InChI is InChI=1S/C12H14O4/c1-2-15-9-5-3-8-4-6-10(12(13)14)16-11(8)7-9/h3,5,7,10H,2,4,6H2,1H3,(H,13,14). The number of ether oxygens (including phenoxy) is 2. The minimum Gasteiger partial charge on any atom is -0.494 e. The van der Waals surface area contributed by atoms with Gasteiger partial charge in [0.05, 0.1) is 6.61 Å². The zero-order valence-corrected chi connectivity index (χ0v) is 9.10. The second-order valence-corrected chi connectivity index (χ2v) is 3.69. The van der Waals surface area contributed by atoms with E-state index in [-0.39, 0.29) is 0 Å². The van der Waals surface area contributed by atoms with Crippen LogP contribution in [0.4, 0.5) is 0 Å². The summed E-state index contributed by atoms with van der Waals surface area (Å²) in [4.78, 5) is 10.8. The van der Waals surface area contributed by atoms with Crippen molar-refractivity contribution in [3.05, 3.63) is 23.8 Å². The number of carboxylic acids is 1. The van der Waals surface area contributed by atoms with Crippen LogP contribution in [0.15, 0.2) is 18.2 Å². The Hall–Kier alpha value is -1.71. The van der Waals surface area contributed by atoms with Crippen LogP contribution in [0.5, 0.6) is 11.5 Å². The molecule has 86 valence electrons. The number of aryl methyl sites for hydroxylation is 1. The van der Waals surface area contributed by atoms with Gasteiger partial charge in [0.1, 0.15) is 11.5 Å². The smallest absolute Gasteiger partial charge is 0.344 e. The summed E-state index contributed by atoms with van der Waals surface area (Å²) in [5.74, 6) is 0.435. The van der Waals surface area contributed by atoms with Crippen molar-refractivity contribution >= 4 is 5.97 Å². The highest BCUT2D eigenvalue weighted by molar-refractivity contribution is 5.73. The largest absolute Gasteiger partial charge is 0.494 e. The molecular weight excluding hydrogens is 208 g/mol. The summed E-state index contributed by atoms with van der Waals surface area (Å²) in [6, 6.07) is 5.57. The van der Waals surface area contributed by atoms with Gasteiger partial charge in [-0.25, -0.2) is 4.79 Å². The second kappa shape index (κ2) is 4.43. The fraction of sp³-hybridized carbons (Fsp3) is 0.417. The van der Waals surface area contributed by atoms with Crippen molar-refractivity contribution in [1.29, 1.82) is 0 Å². The highest BCUT2D eigenvalue weighted by Crippen LogP contribution is 2.31. The molecule has 1 N–H and O–H groups in total. The first kappa shape index (κ1) is 10.8.